The molecule has 0 spiro atoms. The molecule has 0 saturated heterocycles. The molecule has 6 heteroatoms. The first-order valence-electron chi connectivity index (χ1n) is 9.11. The van der Waals surface area contributed by atoms with Crippen LogP contribution in [0.4, 0.5) is 5.69 Å². The second kappa shape index (κ2) is 11.3. The minimum absolute atomic E-state index is 0.0468. The Morgan fingerprint density at radius 1 is 1.08 bits per heavy atom. The summed E-state index contributed by atoms with van der Waals surface area (Å²) in [6.07, 6.45) is 0.883. The van der Waals surface area contributed by atoms with E-state index in [-0.39, 0.29) is 23.7 Å². The maximum atomic E-state index is 12.7. The first-order chi connectivity index (χ1) is 12.3. The molecule has 0 radical (unpaired) electrons. The summed E-state index contributed by atoms with van der Waals surface area (Å²) in [4.78, 5) is 25.3. The van der Waals surface area contributed by atoms with Crippen LogP contribution in [-0.4, -0.2) is 30.4 Å². The largest absolute Gasteiger partial charge is 0.343 e. The Labute approximate surface area is 156 Å². The molecule has 6 nitrogen and oxygen atoms in total. The van der Waals surface area contributed by atoms with E-state index < -0.39 is 12.1 Å². The molecule has 0 aliphatic rings. The smallest absolute Gasteiger partial charge is 0.246 e. The molecular weight excluding hydrogens is 328 g/mol. The predicted molar refractivity (Wildman–Crippen MR) is 103 cm³/mol. The van der Waals surface area contributed by atoms with Crippen molar-refractivity contribution >= 4 is 17.5 Å². The Bertz CT molecular complexity index is 608. The van der Waals surface area contributed by atoms with Gasteiger partial charge in [-0.25, -0.2) is 0 Å². The molecule has 2 atom stereocenters. The molecule has 0 bridgehead atoms. The summed E-state index contributed by atoms with van der Waals surface area (Å²) >= 11 is 0. The van der Waals surface area contributed by atoms with Gasteiger partial charge in [0.1, 0.15) is 6.04 Å². The van der Waals surface area contributed by atoms with Gasteiger partial charge in [-0.2, -0.15) is 5.26 Å². The summed E-state index contributed by atoms with van der Waals surface area (Å²) in [6, 6.07) is 10.2. The van der Waals surface area contributed by atoms with Gasteiger partial charge in [-0.05, 0) is 30.4 Å². The van der Waals surface area contributed by atoms with Crippen LogP contribution < -0.4 is 16.0 Å². The molecule has 0 aromatic heterocycles. The van der Waals surface area contributed by atoms with E-state index in [2.05, 4.69) is 22.0 Å². The van der Waals surface area contributed by atoms with Crippen LogP contribution in [0.1, 0.15) is 40.5 Å². The van der Waals surface area contributed by atoms with Crippen LogP contribution in [0, 0.1) is 23.2 Å². The molecule has 142 valence electrons. The van der Waals surface area contributed by atoms with Crippen molar-refractivity contribution in [2.45, 2.75) is 52.6 Å². The minimum atomic E-state index is -0.610. The fourth-order valence-corrected chi connectivity index (χ4v) is 2.63. The van der Waals surface area contributed by atoms with Crippen LogP contribution >= 0.6 is 0 Å². The highest BCUT2D eigenvalue weighted by atomic mass is 16.2. The lowest BCUT2D eigenvalue weighted by Gasteiger charge is -2.26. The van der Waals surface area contributed by atoms with Crippen molar-refractivity contribution < 1.29 is 9.59 Å². The van der Waals surface area contributed by atoms with Crippen LogP contribution in [0.25, 0.3) is 0 Å². The molecule has 0 unspecified atom stereocenters. The Morgan fingerprint density at radius 3 is 2.27 bits per heavy atom. The van der Waals surface area contributed by atoms with Crippen molar-refractivity contribution in [1.82, 2.24) is 10.6 Å². The summed E-state index contributed by atoms with van der Waals surface area (Å²) in [5.41, 5.74) is 0.702. The molecular formula is C20H30N4O2. The number of anilines is 1. The number of hydrogen-bond donors (Lipinski definition) is 3. The summed E-state index contributed by atoms with van der Waals surface area (Å²) in [5, 5.41) is 17.5. The van der Waals surface area contributed by atoms with Gasteiger partial charge in [-0.3, -0.25) is 9.59 Å². The van der Waals surface area contributed by atoms with Gasteiger partial charge < -0.3 is 16.0 Å². The van der Waals surface area contributed by atoms with Gasteiger partial charge in [-0.15, -0.1) is 0 Å². The van der Waals surface area contributed by atoms with E-state index in [0.29, 0.717) is 25.1 Å². The average Bonchev–Trinajstić information content (AvgIpc) is 2.58. The normalized spacial score (nSPS) is 13.1. The Kier molecular flexibility index (Phi) is 9.38. The van der Waals surface area contributed by atoms with Crippen LogP contribution in [0.2, 0.25) is 0 Å². The number of carbonyl (C=O) groups excluding carboxylic acids is 2. The van der Waals surface area contributed by atoms with Crippen LogP contribution in [-0.2, 0) is 9.59 Å². The van der Waals surface area contributed by atoms with Crippen molar-refractivity contribution in [3.63, 3.8) is 0 Å². The first-order valence-corrected chi connectivity index (χ1v) is 9.11. The predicted octanol–water partition coefficient (Wildman–Crippen LogP) is 2.68. The van der Waals surface area contributed by atoms with E-state index >= 15 is 0 Å². The molecule has 1 aromatic carbocycles. The summed E-state index contributed by atoms with van der Waals surface area (Å²) in [7, 11) is 0. The zero-order valence-corrected chi connectivity index (χ0v) is 16.1. The number of nitrogens with one attached hydrogen (secondary N) is 3. The molecule has 1 aromatic rings. The van der Waals surface area contributed by atoms with E-state index in [0.717, 1.165) is 0 Å². The molecule has 0 fully saturated rings. The van der Waals surface area contributed by atoms with Gasteiger partial charge in [0.25, 0.3) is 0 Å². The van der Waals surface area contributed by atoms with Crippen molar-refractivity contribution in [2.24, 2.45) is 11.8 Å². The highest BCUT2D eigenvalue weighted by Crippen LogP contribution is 2.11. The van der Waals surface area contributed by atoms with Gasteiger partial charge in [0.15, 0.2) is 0 Å². The highest BCUT2D eigenvalue weighted by Gasteiger charge is 2.27. The third kappa shape index (κ3) is 7.66. The third-order valence-electron chi connectivity index (χ3n) is 3.93. The van der Waals surface area contributed by atoms with Gasteiger partial charge >= 0.3 is 0 Å². The monoisotopic (exact) mass is 358 g/mol. The van der Waals surface area contributed by atoms with Gasteiger partial charge in [0.2, 0.25) is 11.8 Å². The first kappa shape index (κ1) is 21.7. The van der Waals surface area contributed by atoms with E-state index in [1.54, 1.807) is 0 Å². The molecule has 0 saturated carbocycles. The zero-order valence-electron chi connectivity index (χ0n) is 16.1. The number of nitriles is 1. The number of amides is 2. The molecule has 0 heterocycles. The molecule has 26 heavy (non-hydrogen) atoms. The SMILES string of the molecule is CC(C)C[C@H](NC(=O)[C@@H](NCCC#N)C(C)C)C(=O)Nc1ccccc1. The second-order valence-electron chi connectivity index (χ2n) is 7.13. The van der Waals surface area contributed by atoms with Gasteiger partial charge in [0.05, 0.1) is 12.1 Å². The van der Waals surface area contributed by atoms with Crippen LogP contribution in [0.15, 0.2) is 30.3 Å². The van der Waals surface area contributed by atoms with Crippen molar-refractivity contribution in [3.8, 4) is 6.07 Å². The number of para-hydroxylation sites is 1. The lowest BCUT2D eigenvalue weighted by Crippen LogP contribution is -2.53. The van der Waals surface area contributed by atoms with Crippen LogP contribution in [0.5, 0.6) is 0 Å². The fourth-order valence-electron chi connectivity index (χ4n) is 2.63. The number of nitrogens with zero attached hydrogens (tertiary/aromatic N) is 1. The molecule has 3 N–H and O–H groups in total. The van der Waals surface area contributed by atoms with Gasteiger partial charge in [0, 0.05) is 18.7 Å². The molecule has 0 aliphatic carbocycles. The fraction of sp³-hybridized carbons (Fsp3) is 0.550. The Hall–Kier alpha value is -2.39. The summed E-state index contributed by atoms with van der Waals surface area (Å²) in [6.45, 7) is 8.34. The third-order valence-corrected chi connectivity index (χ3v) is 3.93. The van der Waals surface area contributed by atoms with Crippen molar-refractivity contribution in [2.75, 3.05) is 11.9 Å². The van der Waals surface area contributed by atoms with Crippen molar-refractivity contribution in [3.05, 3.63) is 30.3 Å². The second-order valence-corrected chi connectivity index (χ2v) is 7.13. The summed E-state index contributed by atoms with van der Waals surface area (Å²) in [5.74, 6) is -0.138. The Balaban J connectivity index is 2.79. The quantitative estimate of drug-likeness (QED) is 0.561. The highest BCUT2D eigenvalue weighted by molar-refractivity contribution is 5.97. The number of carbonyl (C=O) groups is 2. The van der Waals surface area contributed by atoms with E-state index in [1.165, 1.54) is 0 Å². The minimum Gasteiger partial charge on any atom is -0.343 e. The van der Waals surface area contributed by atoms with E-state index in [4.69, 9.17) is 5.26 Å². The number of hydrogen-bond acceptors (Lipinski definition) is 4. The van der Waals surface area contributed by atoms with E-state index in [1.807, 2.05) is 58.0 Å². The van der Waals surface area contributed by atoms with Crippen molar-refractivity contribution in [1.29, 1.82) is 5.26 Å². The van der Waals surface area contributed by atoms with E-state index in [9.17, 15) is 9.59 Å². The number of rotatable bonds is 10. The zero-order chi connectivity index (χ0) is 19.5. The summed E-state index contributed by atoms with van der Waals surface area (Å²) < 4.78 is 0. The maximum Gasteiger partial charge on any atom is 0.246 e. The van der Waals surface area contributed by atoms with Crippen LogP contribution in [0.3, 0.4) is 0 Å². The molecule has 2 amide bonds. The standard InChI is InChI=1S/C20H30N4O2/c1-14(2)13-17(19(25)23-16-9-6-5-7-10-16)24-20(26)18(15(3)4)22-12-8-11-21/h5-7,9-10,14-15,17-18,22H,8,12-13H2,1-4H3,(H,23,25)(H,24,26)/t17-,18-/m0/s1. The lowest BCUT2D eigenvalue weighted by molar-refractivity contribution is -0.129. The number of benzene rings is 1. The average molecular weight is 358 g/mol. The molecule has 0 aliphatic heterocycles. The topological polar surface area (TPSA) is 94.0 Å². The maximum absolute atomic E-state index is 12.7. The lowest BCUT2D eigenvalue weighted by atomic mass is 10.00. The van der Waals surface area contributed by atoms with Gasteiger partial charge in [-0.1, -0.05) is 45.9 Å². The Morgan fingerprint density at radius 2 is 1.73 bits per heavy atom. The molecule has 1 rings (SSSR count).